The van der Waals surface area contributed by atoms with Crippen molar-refractivity contribution < 1.29 is 9.15 Å². The Labute approximate surface area is 120 Å². The first kappa shape index (κ1) is 12.0. The highest BCUT2D eigenvalue weighted by atomic mass is 16.5. The summed E-state index contributed by atoms with van der Waals surface area (Å²) in [7, 11) is 1.63. The maximum atomic E-state index is 12.4. The van der Waals surface area contributed by atoms with Gasteiger partial charge in [0.1, 0.15) is 11.3 Å². The molecule has 0 aliphatic rings. The van der Waals surface area contributed by atoms with E-state index in [1.165, 1.54) is 0 Å². The van der Waals surface area contributed by atoms with Crippen LogP contribution in [-0.4, -0.2) is 7.11 Å². The third-order valence-corrected chi connectivity index (χ3v) is 3.81. The number of para-hydroxylation sites is 1. The standard InChI is InChI=1S/C18H12O3/c1-20-12-7-9-13-11(10-12)6-8-15-14-4-2-3-5-16(14)21-18(19)17(13)15/h2-10H,1H3. The number of methoxy groups -OCH3 is 1. The minimum absolute atomic E-state index is 0.306. The van der Waals surface area contributed by atoms with Crippen molar-refractivity contribution in [2.75, 3.05) is 7.11 Å². The van der Waals surface area contributed by atoms with E-state index in [4.69, 9.17) is 9.15 Å². The fraction of sp³-hybridized carbons (Fsp3) is 0.0556. The fourth-order valence-corrected chi connectivity index (χ4v) is 2.81. The van der Waals surface area contributed by atoms with Crippen LogP contribution in [0.15, 0.2) is 63.8 Å². The summed E-state index contributed by atoms with van der Waals surface area (Å²) in [6.45, 7) is 0. The molecule has 0 spiro atoms. The van der Waals surface area contributed by atoms with Crippen LogP contribution in [0.1, 0.15) is 0 Å². The van der Waals surface area contributed by atoms with Gasteiger partial charge in [-0.1, -0.05) is 30.3 Å². The van der Waals surface area contributed by atoms with Gasteiger partial charge in [0.25, 0.3) is 0 Å². The topological polar surface area (TPSA) is 39.4 Å². The maximum Gasteiger partial charge on any atom is 0.344 e. The molecule has 3 nitrogen and oxygen atoms in total. The highest BCUT2D eigenvalue weighted by molar-refractivity contribution is 6.15. The summed E-state index contributed by atoms with van der Waals surface area (Å²) in [4.78, 5) is 12.4. The lowest BCUT2D eigenvalue weighted by atomic mass is 10.0. The molecule has 0 atom stereocenters. The summed E-state index contributed by atoms with van der Waals surface area (Å²) in [6, 6.07) is 17.2. The zero-order chi connectivity index (χ0) is 14.4. The molecule has 1 heterocycles. The van der Waals surface area contributed by atoms with Crippen LogP contribution in [0, 0.1) is 0 Å². The van der Waals surface area contributed by atoms with Crippen LogP contribution in [-0.2, 0) is 0 Å². The van der Waals surface area contributed by atoms with E-state index in [1.54, 1.807) is 7.11 Å². The average molecular weight is 276 g/mol. The molecule has 21 heavy (non-hydrogen) atoms. The molecule has 0 fully saturated rings. The third kappa shape index (κ3) is 1.71. The van der Waals surface area contributed by atoms with Gasteiger partial charge in [-0.2, -0.15) is 0 Å². The summed E-state index contributed by atoms with van der Waals surface area (Å²) >= 11 is 0. The molecule has 0 bridgehead atoms. The van der Waals surface area contributed by atoms with Crippen molar-refractivity contribution in [1.29, 1.82) is 0 Å². The second-order valence-electron chi connectivity index (χ2n) is 4.96. The van der Waals surface area contributed by atoms with Gasteiger partial charge in [-0.15, -0.1) is 0 Å². The molecule has 3 heteroatoms. The Morgan fingerprint density at radius 3 is 2.57 bits per heavy atom. The van der Waals surface area contributed by atoms with Gasteiger partial charge in [0.15, 0.2) is 0 Å². The van der Waals surface area contributed by atoms with Gasteiger partial charge >= 0.3 is 5.63 Å². The van der Waals surface area contributed by atoms with Crippen LogP contribution in [0.25, 0.3) is 32.5 Å². The summed E-state index contributed by atoms with van der Waals surface area (Å²) in [6.07, 6.45) is 0. The Kier molecular flexibility index (Phi) is 2.48. The van der Waals surface area contributed by atoms with E-state index in [-0.39, 0.29) is 5.63 Å². The predicted octanol–water partition coefficient (Wildman–Crippen LogP) is 4.11. The lowest BCUT2D eigenvalue weighted by molar-refractivity contribution is 0.415. The predicted molar refractivity (Wildman–Crippen MR) is 84.0 cm³/mol. The van der Waals surface area contributed by atoms with Crippen molar-refractivity contribution in [3.63, 3.8) is 0 Å². The Morgan fingerprint density at radius 2 is 1.71 bits per heavy atom. The molecule has 0 aliphatic carbocycles. The Morgan fingerprint density at radius 1 is 0.905 bits per heavy atom. The molecule has 3 aromatic carbocycles. The van der Waals surface area contributed by atoms with Gasteiger partial charge in [-0.3, -0.25) is 0 Å². The first-order valence-corrected chi connectivity index (χ1v) is 6.70. The van der Waals surface area contributed by atoms with Crippen LogP contribution in [0.2, 0.25) is 0 Å². The van der Waals surface area contributed by atoms with Gasteiger partial charge in [0, 0.05) is 10.8 Å². The normalized spacial score (nSPS) is 11.3. The molecule has 4 aromatic rings. The van der Waals surface area contributed by atoms with Gasteiger partial charge in [0.05, 0.1) is 12.5 Å². The molecule has 0 unspecified atom stereocenters. The molecule has 102 valence electrons. The van der Waals surface area contributed by atoms with Crippen molar-refractivity contribution in [3.05, 3.63) is 65.0 Å². The Hall–Kier alpha value is -2.81. The number of ether oxygens (including phenoxy) is 1. The fourth-order valence-electron chi connectivity index (χ4n) is 2.81. The zero-order valence-corrected chi connectivity index (χ0v) is 11.4. The van der Waals surface area contributed by atoms with Crippen LogP contribution in [0.5, 0.6) is 5.75 Å². The van der Waals surface area contributed by atoms with Gasteiger partial charge in [-0.25, -0.2) is 4.79 Å². The van der Waals surface area contributed by atoms with E-state index >= 15 is 0 Å². The first-order chi connectivity index (χ1) is 10.3. The minimum atomic E-state index is -0.306. The zero-order valence-electron chi connectivity index (χ0n) is 11.4. The summed E-state index contributed by atoms with van der Waals surface area (Å²) in [5.74, 6) is 0.770. The maximum absolute atomic E-state index is 12.4. The Balaban J connectivity index is 2.26. The van der Waals surface area contributed by atoms with Crippen LogP contribution >= 0.6 is 0 Å². The smallest absolute Gasteiger partial charge is 0.344 e. The summed E-state index contributed by atoms with van der Waals surface area (Å²) in [5.41, 5.74) is 0.308. The SMILES string of the molecule is COc1ccc2c(ccc3c4ccccc4oc(=O)c23)c1. The molecule has 4 rings (SSSR count). The highest BCUT2D eigenvalue weighted by Crippen LogP contribution is 2.30. The van der Waals surface area contributed by atoms with Crippen LogP contribution in [0.4, 0.5) is 0 Å². The second-order valence-corrected chi connectivity index (χ2v) is 4.96. The number of fused-ring (bicyclic) bond motifs is 5. The third-order valence-electron chi connectivity index (χ3n) is 3.81. The van der Waals surface area contributed by atoms with Gasteiger partial charge in [-0.05, 0) is 35.0 Å². The van der Waals surface area contributed by atoms with Crippen molar-refractivity contribution in [2.45, 2.75) is 0 Å². The molecule has 1 aromatic heterocycles. The van der Waals surface area contributed by atoms with E-state index in [9.17, 15) is 4.79 Å². The quantitative estimate of drug-likeness (QED) is 0.388. The summed E-state index contributed by atoms with van der Waals surface area (Å²) < 4.78 is 10.7. The van der Waals surface area contributed by atoms with E-state index in [0.717, 1.165) is 27.3 Å². The monoisotopic (exact) mass is 276 g/mol. The molecule has 0 aliphatic heterocycles. The molecule has 0 amide bonds. The summed E-state index contributed by atoms with van der Waals surface area (Å²) in [5, 5.41) is 4.33. The second kappa shape index (κ2) is 4.35. The largest absolute Gasteiger partial charge is 0.497 e. The van der Waals surface area contributed by atoms with E-state index in [0.29, 0.717) is 11.0 Å². The van der Waals surface area contributed by atoms with Crippen molar-refractivity contribution in [1.82, 2.24) is 0 Å². The van der Waals surface area contributed by atoms with E-state index in [2.05, 4.69) is 0 Å². The molecule has 0 saturated carbocycles. The number of rotatable bonds is 1. The van der Waals surface area contributed by atoms with Crippen molar-refractivity contribution in [3.8, 4) is 5.75 Å². The Bertz CT molecular complexity index is 1040. The van der Waals surface area contributed by atoms with Gasteiger partial charge < -0.3 is 9.15 Å². The highest BCUT2D eigenvalue weighted by Gasteiger charge is 2.10. The number of benzene rings is 3. The molecular weight excluding hydrogens is 264 g/mol. The van der Waals surface area contributed by atoms with Crippen molar-refractivity contribution in [2.24, 2.45) is 0 Å². The van der Waals surface area contributed by atoms with Crippen LogP contribution < -0.4 is 10.4 Å². The lowest BCUT2D eigenvalue weighted by Crippen LogP contribution is -2.00. The number of hydrogen-bond acceptors (Lipinski definition) is 3. The first-order valence-electron chi connectivity index (χ1n) is 6.70. The minimum Gasteiger partial charge on any atom is -0.497 e. The molecule has 0 radical (unpaired) electrons. The molecule has 0 N–H and O–H groups in total. The average Bonchev–Trinajstić information content (AvgIpc) is 2.53. The van der Waals surface area contributed by atoms with E-state index < -0.39 is 0 Å². The van der Waals surface area contributed by atoms with Gasteiger partial charge in [0.2, 0.25) is 0 Å². The van der Waals surface area contributed by atoms with Crippen LogP contribution in [0.3, 0.4) is 0 Å². The lowest BCUT2D eigenvalue weighted by Gasteiger charge is -2.07. The van der Waals surface area contributed by atoms with Crippen molar-refractivity contribution >= 4 is 32.5 Å². The number of hydrogen-bond donors (Lipinski definition) is 0. The molecular formula is C18H12O3. The molecule has 0 saturated heterocycles. The van der Waals surface area contributed by atoms with E-state index in [1.807, 2.05) is 54.6 Å².